The van der Waals surface area contributed by atoms with Crippen molar-refractivity contribution in [1.29, 1.82) is 5.26 Å². The zero-order valence-electron chi connectivity index (χ0n) is 16.3. The number of esters is 1. The fraction of sp³-hybridized carbons (Fsp3) is 0.286. The lowest BCUT2D eigenvalue weighted by molar-refractivity contribution is -0.144. The molecule has 2 aromatic rings. The standard InChI is InChI=1S/C21H22N2O3S2/c1-13-5-6-18(14(2)7-13)27-11-20(25)26-10-19(24)23-21-15(3)8-17(28-12-22)9-16(21)4/h5-9H,10-11H2,1-4H3,(H,23,24). The summed E-state index contributed by atoms with van der Waals surface area (Å²) < 4.78 is 5.08. The molecule has 0 heterocycles. The van der Waals surface area contributed by atoms with Crippen molar-refractivity contribution in [3.8, 4) is 5.40 Å². The SMILES string of the molecule is Cc1ccc(SCC(=O)OCC(=O)Nc2c(C)cc(SC#N)cc2C)c(C)c1. The summed E-state index contributed by atoms with van der Waals surface area (Å²) in [7, 11) is 0. The number of nitrogens with zero attached hydrogens (tertiary/aromatic N) is 1. The minimum atomic E-state index is -0.436. The van der Waals surface area contributed by atoms with Gasteiger partial charge in [-0.1, -0.05) is 17.7 Å². The number of aryl methyl sites for hydroxylation is 4. The Morgan fingerprint density at radius 3 is 2.36 bits per heavy atom. The number of thiocyanates is 1. The second-order valence-electron chi connectivity index (χ2n) is 6.39. The molecule has 1 N–H and O–H groups in total. The Morgan fingerprint density at radius 1 is 1.07 bits per heavy atom. The molecule has 0 radical (unpaired) electrons. The fourth-order valence-corrected chi connectivity index (χ4v) is 4.08. The summed E-state index contributed by atoms with van der Waals surface area (Å²) in [5.41, 5.74) is 4.66. The third-order valence-electron chi connectivity index (χ3n) is 3.97. The Hall–Kier alpha value is -2.43. The van der Waals surface area contributed by atoms with Crippen molar-refractivity contribution < 1.29 is 14.3 Å². The minimum Gasteiger partial charge on any atom is -0.455 e. The molecule has 0 spiro atoms. The first-order valence-electron chi connectivity index (χ1n) is 8.63. The first-order valence-corrected chi connectivity index (χ1v) is 10.4. The van der Waals surface area contributed by atoms with Gasteiger partial charge in [-0.3, -0.25) is 9.59 Å². The molecule has 28 heavy (non-hydrogen) atoms. The number of carbonyl (C=O) groups excluding carboxylic acids is 2. The van der Waals surface area contributed by atoms with Gasteiger partial charge in [0.2, 0.25) is 0 Å². The maximum absolute atomic E-state index is 12.1. The van der Waals surface area contributed by atoms with Gasteiger partial charge in [0.1, 0.15) is 5.40 Å². The lowest BCUT2D eigenvalue weighted by Crippen LogP contribution is -2.22. The summed E-state index contributed by atoms with van der Waals surface area (Å²) in [6.45, 7) is 7.40. The van der Waals surface area contributed by atoms with Gasteiger partial charge in [-0.05, 0) is 74.3 Å². The van der Waals surface area contributed by atoms with Crippen molar-refractivity contribution in [2.24, 2.45) is 0 Å². The number of anilines is 1. The van der Waals surface area contributed by atoms with Crippen molar-refractivity contribution in [3.05, 3.63) is 52.6 Å². The highest BCUT2D eigenvalue weighted by molar-refractivity contribution is 8.03. The van der Waals surface area contributed by atoms with Gasteiger partial charge >= 0.3 is 5.97 Å². The van der Waals surface area contributed by atoms with E-state index in [2.05, 4.69) is 11.4 Å². The zero-order valence-corrected chi connectivity index (χ0v) is 17.9. The van der Waals surface area contributed by atoms with E-state index in [0.29, 0.717) is 5.69 Å². The van der Waals surface area contributed by atoms with E-state index in [1.54, 1.807) is 0 Å². The molecular weight excluding hydrogens is 392 g/mol. The van der Waals surface area contributed by atoms with Gasteiger partial charge in [0, 0.05) is 15.5 Å². The predicted octanol–water partition coefficient (Wildman–Crippen LogP) is 4.77. The summed E-state index contributed by atoms with van der Waals surface area (Å²) in [6.07, 6.45) is 0. The monoisotopic (exact) mass is 414 g/mol. The summed E-state index contributed by atoms with van der Waals surface area (Å²) in [4.78, 5) is 25.9. The molecule has 0 saturated carbocycles. The van der Waals surface area contributed by atoms with Crippen LogP contribution in [0.4, 0.5) is 5.69 Å². The summed E-state index contributed by atoms with van der Waals surface area (Å²) in [6, 6.07) is 9.71. The number of nitriles is 1. The normalized spacial score (nSPS) is 10.2. The lowest BCUT2D eigenvalue weighted by Gasteiger charge is -2.13. The molecule has 146 valence electrons. The molecule has 0 aliphatic carbocycles. The Morgan fingerprint density at radius 2 is 1.75 bits per heavy atom. The van der Waals surface area contributed by atoms with E-state index >= 15 is 0 Å². The van der Waals surface area contributed by atoms with Crippen molar-refractivity contribution in [2.75, 3.05) is 17.7 Å². The molecule has 0 aromatic heterocycles. The van der Waals surface area contributed by atoms with E-state index in [9.17, 15) is 9.59 Å². The highest BCUT2D eigenvalue weighted by atomic mass is 32.2. The highest BCUT2D eigenvalue weighted by Gasteiger charge is 2.12. The zero-order chi connectivity index (χ0) is 20.7. The van der Waals surface area contributed by atoms with Gasteiger partial charge in [0.05, 0.1) is 5.75 Å². The highest BCUT2D eigenvalue weighted by Crippen LogP contribution is 2.27. The number of ether oxygens (including phenoxy) is 1. The number of hydrogen-bond acceptors (Lipinski definition) is 6. The van der Waals surface area contributed by atoms with Crippen molar-refractivity contribution in [1.82, 2.24) is 0 Å². The summed E-state index contributed by atoms with van der Waals surface area (Å²) in [5.74, 6) is -0.680. The van der Waals surface area contributed by atoms with Crippen LogP contribution in [0.3, 0.4) is 0 Å². The molecule has 0 aliphatic rings. The van der Waals surface area contributed by atoms with Crippen molar-refractivity contribution in [2.45, 2.75) is 37.5 Å². The number of nitrogens with one attached hydrogen (secondary N) is 1. The molecule has 0 aliphatic heterocycles. The number of carbonyl (C=O) groups is 2. The molecule has 2 rings (SSSR count). The van der Waals surface area contributed by atoms with E-state index in [1.807, 2.05) is 57.4 Å². The van der Waals surface area contributed by atoms with Crippen molar-refractivity contribution >= 4 is 41.1 Å². The second-order valence-corrected chi connectivity index (χ2v) is 8.27. The van der Waals surface area contributed by atoms with Crippen molar-refractivity contribution in [3.63, 3.8) is 0 Å². The molecule has 0 unspecified atom stereocenters. The molecule has 5 nitrogen and oxygen atoms in total. The van der Waals surface area contributed by atoms with Crippen LogP contribution in [-0.4, -0.2) is 24.2 Å². The van der Waals surface area contributed by atoms with Crippen LogP contribution in [0.1, 0.15) is 22.3 Å². The van der Waals surface area contributed by atoms with Crippen LogP contribution in [0.5, 0.6) is 0 Å². The molecule has 0 saturated heterocycles. The van der Waals surface area contributed by atoms with Gasteiger partial charge in [-0.25, -0.2) is 0 Å². The van der Waals surface area contributed by atoms with Crippen LogP contribution in [0.15, 0.2) is 40.1 Å². The van der Waals surface area contributed by atoms with Crippen LogP contribution >= 0.6 is 23.5 Å². The van der Waals surface area contributed by atoms with Gasteiger partial charge in [-0.2, -0.15) is 5.26 Å². The third kappa shape index (κ3) is 6.32. The van der Waals surface area contributed by atoms with E-state index in [-0.39, 0.29) is 12.4 Å². The molecule has 7 heteroatoms. The quantitative estimate of drug-likeness (QED) is 0.399. The topological polar surface area (TPSA) is 79.2 Å². The van der Waals surface area contributed by atoms with E-state index < -0.39 is 11.9 Å². The number of thioether (sulfide) groups is 2. The van der Waals surface area contributed by atoms with Crippen LogP contribution in [0.2, 0.25) is 0 Å². The van der Waals surface area contributed by atoms with Crippen LogP contribution in [0, 0.1) is 38.4 Å². The van der Waals surface area contributed by atoms with Gasteiger partial charge in [-0.15, -0.1) is 11.8 Å². The average molecular weight is 415 g/mol. The Bertz CT molecular complexity index is 913. The minimum absolute atomic E-state index is 0.148. The Kier molecular flexibility index (Phi) is 7.97. The number of amides is 1. The molecule has 0 fully saturated rings. The number of benzene rings is 2. The average Bonchev–Trinajstić information content (AvgIpc) is 2.62. The van der Waals surface area contributed by atoms with Crippen LogP contribution in [-0.2, 0) is 14.3 Å². The number of rotatable bonds is 7. The van der Waals surface area contributed by atoms with Gasteiger partial charge in [0.25, 0.3) is 5.91 Å². The first-order chi connectivity index (χ1) is 13.3. The fourth-order valence-electron chi connectivity index (χ4n) is 2.69. The lowest BCUT2D eigenvalue weighted by atomic mass is 10.1. The van der Waals surface area contributed by atoms with E-state index in [1.165, 1.54) is 17.3 Å². The molecule has 1 amide bonds. The smallest absolute Gasteiger partial charge is 0.316 e. The first kappa shape index (κ1) is 21.9. The Balaban J connectivity index is 1.85. The van der Waals surface area contributed by atoms with E-state index in [4.69, 9.17) is 10.00 Å². The van der Waals surface area contributed by atoms with E-state index in [0.717, 1.165) is 38.2 Å². The van der Waals surface area contributed by atoms with Gasteiger partial charge in [0.15, 0.2) is 6.61 Å². The second kappa shape index (κ2) is 10.2. The Labute approximate surface area is 173 Å². The molecular formula is C21H22N2O3S2. The largest absolute Gasteiger partial charge is 0.455 e. The molecule has 0 bridgehead atoms. The maximum Gasteiger partial charge on any atom is 0.316 e. The third-order valence-corrected chi connectivity index (χ3v) is 5.69. The molecule has 0 atom stereocenters. The summed E-state index contributed by atoms with van der Waals surface area (Å²) in [5, 5.41) is 13.6. The predicted molar refractivity (Wildman–Crippen MR) is 114 cm³/mol. The summed E-state index contributed by atoms with van der Waals surface area (Å²) >= 11 is 2.47. The van der Waals surface area contributed by atoms with Crippen LogP contribution < -0.4 is 5.32 Å². The van der Waals surface area contributed by atoms with Gasteiger partial charge < -0.3 is 10.1 Å². The molecule has 2 aromatic carbocycles. The van der Waals surface area contributed by atoms with Crippen LogP contribution in [0.25, 0.3) is 0 Å². The maximum atomic E-state index is 12.1. The number of hydrogen-bond donors (Lipinski definition) is 1.